The lowest BCUT2D eigenvalue weighted by molar-refractivity contribution is 0.0597. The molecule has 1 heterocycles. The number of aromatic hydroxyl groups is 1. The molecule has 1 aromatic heterocycles. The summed E-state index contributed by atoms with van der Waals surface area (Å²) in [7, 11) is 3.25. The smallest absolute Gasteiger partial charge is 0.341 e. The molecule has 0 radical (unpaired) electrons. The van der Waals surface area contributed by atoms with Crippen LogP contribution >= 0.6 is 22.6 Å². The first-order valence-electron chi connectivity index (χ1n) is 6.69. The fourth-order valence-corrected chi connectivity index (χ4v) is 3.72. The number of ether oxygens (including phenoxy) is 1. The van der Waals surface area contributed by atoms with E-state index in [4.69, 9.17) is 4.74 Å². The molecule has 0 fully saturated rings. The molecule has 0 bridgehead atoms. The molecule has 0 spiro atoms. The van der Waals surface area contributed by atoms with Crippen molar-refractivity contribution in [2.24, 2.45) is 7.05 Å². The number of phenolic OH excluding ortho intramolecular Hbond substituents is 1. The van der Waals surface area contributed by atoms with Gasteiger partial charge in [-0.15, -0.1) is 0 Å². The molecule has 0 unspecified atom stereocenters. The molecular weight excluding hydrogens is 393 g/mol. The predicted octanol–water partition coefficient (Wildman–Crippen LogP) is 3.94. The number of rotatable bonds is 2. The molecule has 0 atom stereocenters. The number of methoxy groups -OCH3 is 1. The molecule has 3 aromatic rings. The highest BCUT2D eigenvalue weighted by atomic mass is 127. The summed E-state index contributed by atoms with van der Waals surface area (Å²) in [6, 6.07) is 13.3. The average molecular weight is 407 g/mol. The van der Waals surface area contributed by atoms with Gasteiger partial charge in [0.25, 0.3) is 0 Å². The van der Waals surface area contributed by atoms with Crippen molar-refractivity contribution in [2.75, 3.05) is 7.11 Å². The van der Waals surface area contributed by atoms with Crippen molar-refractivity contribution in [1.82, 2.24) is 4.57 Å². The van der Waals surface area contributed by atoms with E-state index in [9.17, 15) is 9.90 Å². The minimum absolute atomic E-state index is 0.0672. The minimum Gasteiger partial charge on any atom is -0.507 e. The molecule has 0 aliphatic carbocycles. The molecule has 112 valence electrons. The van der Waals surface area contributed by atoms with Crippen LogP contribution in [0.2, 0.25) is 0 Å². The minimum atomic E-state index is -0.545. The van der Waals surface area contributed by atoms with Crippen LogP contribution in [0.1, 0.15) is 10.4 Å². The summed E-state index contributed by atoms with van der Waals surface area (Å²) >= 11 is 2.27. The van der Waals surface area contributed by atoms with E-state index in [1.54, 1.807) is 12.1 Å². The summed E-state index contributed by atoms with van der Waals surface area (Å²) in [4.78, 5) is 11.8. The van der Waals surface area contributed by atoms with Crippen LogP contribution in [0, 0.1) is 3.57 Å². The molecule has 3 rings (SSSR count). The highest BCUT2D eigenvalue weighted by Gasteiger charge is 2.19. The van der Waals surface area contributed by atoms with Crippen molar-refractivity contribution in [3.05, 3.63) is 51.6 Å². The maximum absolute atomic E-state index is 11.8. The fraction of sp³-hybridized carbons (Fsp3) is 0.118. The summed E-state index contributed by atoms with van der Waals surface area (Å²) in [5.74, 6) is -0.612. The Morgan fingerprint density at radius 3 is 2.55 bits per heavy atom. The van der Waals surface area contributed by atoms with E-state index in [1.165, 1.54) is 7.11 Å². The van der Waals surface area contributed by atoms with Gasteiger partial charge in [0, 0.05) is 16.0 Å². The third kappa shape index (κ3) is 2.25. The second-order valence-corrected chi connectivity index (χ2v) is 6.04. The summed E-state index contributed by atoms with van der Waals surface area (Å²) < 4.78 is 7.78. The van der Waals surface area contributed by atoms with E-state index in [2.05, 4.69) is 22.6 Å². The van der Waals surface area contributed by atoms with Gasteiger partial charge in [-0.2, -0.15) is 0 Å². The number of esters is 1. The zero-order valence-electron chi connectivity index (χ0n) is 12.1. The monoisotopic (exact) mass is 407 g/mol. The van der Waals surface area contributed by atoms with Crippen LogP contribution in [0.5, 0.6) is 5.75 Å². The number of halogens is 1. The number of nitrogens with zero attached hydrogens (tertiary/aromatic N) is 1. The SMILES string of the molecule is COC(=O)c1cc2c(cc1O)c(I)c(-c1ccccc1)n2C. The zero-order valence-corrected chi connectivity index (χ0v) is 14.3. The Labute approximate surface area is 141 Å². The molecule has 0 amide bonds. The van der Waals surface area contributed by atoms with Gasteiger partial charge < -0.3 is 14.4 Å². The molecule has 4 nitrogen and oxygen atoms in total. The second kappa shape index (κ2) is 5.64. The molecular formula is C17H14INO3. The Morgan fingerprint density at radius 2 is 1.91 bits per heavy atom. The van der Waals surface area contributed by atoms with E-state index in [0.717, 1.165) is 25.7 Å². The molecule has 0 aliphatic rings. The van der Waals surface area contributed by atoms with Gasteiger partial charge in [0.2, 0.25) is 0 Å². The number of fused-ring (bicyclic) bond motifs is 1. The highest BCUT2D eigenvalue weighted by molar-refractivity contribution is 14.1. The van der Waals surface area contributed by atoms with Gasteiger partial charge in [-0.1, -0.05) is 30.3 Å². The standard InChI is InChI=1S/C17H14INO3/c1-19-13-8-12(17(21)22-2)14(20)9-11(13)15(18)16(19)10-6-4-3-5-7-10/h3-9,20H,1-2H3. The first-order valence-corrected chi connectivity index (χ1v) is 7.77. The van der Waals surface area contributed by atoms with E-state index in [1.807, 2.05) is 41.9 Å². The van der Waals surface area contributed by atoms with Gasteiger partial charge in [-0.3, -0.25) is 0 Å². The van der Waals surface area contributed by atoms with Gasteiger partial charge >= 0.3 is 5.97 Å². The number of aromatic nitrogens is 1. The number of aryl methyl sites for hydroxylation is 1. The lowest BCUT2D eigenvalue weighted by Gasteiger charge is -2.06. The summed E-state index contributed by atoms with van der Waals surface area (Å²) in [5.41, 5.74) is 3.19. The predicted molar refractivity (Wildman–Crippen MR) is 94.1 cm³/mol. The van der Waals surface area contributed by atoms with Gasteiger partial charge in [0.1, 0.15) is 11.3 Å². The van der Waals surface area contributed by atoms with Crippen LogP contribution in [0.4, 0.5) is 0 Å². The highest BCUT2D eigenvalue weighted by Crippen LogP contribution is 2.37. The Morgan fingerprint density at radius 1 is 1.23 bits per heavy atom. The fourth-order valence-electron chi connectivity index (χ4n) is 2.62. The van der Waals surface area contributed by atoms with Crippen LogP contribution in [-0.2, 0) is 11.8 Å². The van der Waals surface area contributed by atoms with Crippen LogP contribution < -0.4 is 0 Å². The normalized spacial score (nSPS) is 10.9. The Hall–Kier alpha value is -2.02. The molecule has 22 heavy (non-hydrogen) atoms. The first-order chi connectivity index (χ1) is 10.5. The largest absolute Gasteiger partial charge is 0.507 e. The van der Waals surface area contributed by atoms with E-state index < -0.39 is 5.97 Å². The lowest BCUT2D eigenvalue weighted by atomic mass is 10.1. The van der Waals surface area contributed by atoms with Gasteiger partial charge in [-0.05, 0) is 40.3 Å². The third-order valence-corrected chi connectivity index (χ3v) is 4.80. The molecule has 2 aromatic carbocycles. The number of carbonyl (C=O) groups is 1. The summed E-state index contributed by atoms with van der Waals surface area (Å²) in [5, 5.41) is 11.0. The van der Waals surface area contributed by atoms with Gasteiger partial charge in [0.05, 0.1) is 18.3 Å². The second-order valence-electron chi connectivity index (χ2n) is 4.97. The molecule has 5 heteroatoms. The van der Waals surface area contributed by atoms with Gasteiger partial charge in [-0.25, -0.2) is 4.79 Å². The quantitative estimate of drug-likeness (QED) is 0.517. The third-order valence-electron chi connectivity index (χ3n) is 3.71. The molecule has 0 saturated carbocycles. The van der Waals surface area contributed by atoms with Crippen LogP contribution in [0.15, 0.2) is 42.5 Å². The number of hydrogen-bond acceptors (Lipinski definition) is 3. The zero-order chi connectivity index (χ0) is 15.9. The van der Waals surface area contributed by atoms with Crippen molar-refractivity contribution in [2.45, 2.75) is 0 Å². The first kappa shape index (κ1) is 14.9. The van der Waals surface area contributed by atoms with Crippen LogP contribution in [0.25, 0.3) is 22.2 Å². The lowest BCUT2D eigenvalue weighted by Crippen LogP contribution is -2.02. The number of hydrogen-bond donors (Lipinski definition) is 1. The van der Waals surface area contributed by atoms with Crippen molar-refractivity contribution < 1.29 is 14.6 Å². The van der Waals surface area contributed by atoms with Crippen LogP contribution in [-0.4, -0.2) is 22.8 Å². The number of carbonyl (C=O) groups excluding carboxylic acids is 1. The van der Waals surface area contributed by atoms with E-state index in [0.29, 0.717) is 0 Å². The van der Waals surface area contributed by atoms with Crippen molar-refractivity contribution in [3.8, 4) is 17.0 Å². The van der Waals surface area contributed by atoms with E-state index >= 15 is 0 Å². The Bertz CT molecular complexity index is 869. The summed E-state index contributed by atoms with van der Waals surface area (Å²) in [6.45, 7) is 0. The Kier molecular flexibility index (Phi) is 3.82. The van der Waals surface area contributed by atoms with Crippen molar-refractivity contribution >= 4 is 39.5 Å². The Balaban J connectivity index is 2.32. The van der Waals surface area contributed by atoms with Crippen LogP contribution in [0.3, 0.4) is 0 Å². The molecule has 0 aliphatic heterocycles. The maximum atomic E-state index is 11.8. The molecule has 0 saturated heterocycles. The van der Waals surface area contributed by atoms with Crippen molar-refractivity contribution in [1.29, 1.82) is 0 Å². The maximum Gasteiger partial charge on any atom is 0.341 e. The van der Waals surface area contributed by atoms with Crippen molar-refractivity contribution in [3.63, 3.8) is 0 Å². The summed E-state index contributed by atoms with van der Waals surface area (Å²) in [6.07, 6.45) is 0. The average Bonchev–Trinajstić information content (AvgIpc) is 2.77. The number of benzene rings is 2. The number of phenols is 1. The van der Waals surface area contributed by atoms with E-state index in [-0.39, 0.29) is 11.3 Å². The van der Waals surface area contributed by atoms with Gasteiger partial charge in [0.15, 0.2) is 0 Å². The topological polar surface area (TPSA) is 51.5 Å². The molecule has 1 N–H and O–H groups in total.